The molecule has 31 heavy (non-hydrogen) atoms. The normalized spacial score (nSPS) is 10.6. The number of benzene rings is 3. The van der Waals surface area contributed by atoms with Crippen LogP contribution in [-0.2, 0) is 6.54 Å². The molecule has 1 aromatic heterocycles. The van der Waals surface area contributed by atoms with Crippen molar-refractivity contribution >= 4 is 22.6 Å². The second kappa shape index (κ2) is 8.58. The Morgan fingerprint density at radius 2 is 1.52 bits per heavy atom. The summed E-state index contributed by atoms with van der Waals surface area (Å²) in [4.78, 5) is 37.8. The van der Waals surface area contributed by atoms with E-state index >= 15 is 0 Å². The first kappa shape index (κ1) is 20.0. The number of amides is 2. The molecule has 4 rings (SSSR count). The van der Waals surface area contributed by atoms with Crippen molar-refractivity contribution in [2.75, 3.05) is 0 Å². The van der Waals surface area contributed by atoms with Gasteiger partial charge in [0.05, 0.1) is 11.9 Å². The molecule has 0 saturated heterocycles. The third kappa shape index (κ3) is 4.32. The maximum Gasteiger partial charge on any atom is 0.290 e. The summed E-state index contributed by atoms with van der Waals surface area (Å²) in [5, 5.41) is 4.93. The molecule has 3 aromatic carbocycles. The molecule has 0 atom stereocenters. The number of halogens is 1. The lowest BCUT2D eigenvalue weighted by Crippen LogP contribution is -2.42. The number of hydrogen-bond acceptors (Lipinski definition) is 4. The van der Waals surface area contributed by atoms with Gasteiger partial charge >= 0.3 is 0 Å². The first-order valence-electron chi connectivity index (χ1n) is 9.43. The van der Waals surface area contributed by atoms with E-state index in [0.717, 1.165) is 11.6 Å². The molecule has 0 saturated carbocycles. The summed E-state index contributed by atoms with van der Waals surface area (Å²) < 4.78 is 14.5. The number of nitrogens with zero attached hydrogens (tertiary/aromatic N) is 2. The summed E-state index contributed by atoms with van der Waals surface area (Å²) in [6, 6.07) is 20.9. The lowest BCUT2D eigenvalue weighted by Gasteiger charge is -2.12. The van der Waals surface area contributed by atoms with Crippen LogP contribution in [0.15, 0.2) is 83.7 Å². The van der Waals surface area contributed by atoms with E-state index < -0.39 is 17.6 Å². The lowest BCUT2D eigenvalue weighted by molar-refractivity contribution is 0.0843. The summed E-state index contributed by atoms with van der Waals surface area (Å²) in [5.41, 5.74) is 5.06. The van der Waals surface area contributed by atoms with E-state index in [1.165, 1.54) is 22.9 Å². The van der Waals surface area contributed by atoms with Crippen LogP contribution in [-0.4, -0.2) is 21.6 Å². The van der Waals surface area contributed by atoms with Gasteiger partial charge in [0.2, 0.25) is 0 Å². The van der Waals surface area contributed by atoms with Crippen molar-refractivity contribution in [2.24, 2.45) is 0 Å². The van der Waals surface area contributed by atoms with Crippen LogP contribution in [0.25, 0.3) is 10.8 Å². The fourth-order valence-electron chi connectivity index (χ4n) is 3.14. The zero-order chi connectivity index (χ0) is 21.8. The molecule has 8 heteroatoms. The first-order valence-corrected chi connectivity index (χ1v) is 9.43. The van der Waals surface area contributed by atoms with E-state index in [-0.39, 0.29) is 23.4 Å². The highest BCUT2D eigenvalue weighted by atomic mass is 19.1. The Morgan fingerprint density at radius 1 is 0.839 bits per heavy atom. The Kier molecular flexibility index (Phi) is 5.53. The largest absolute Gasteiger partial charge is 0.290 e. The van der Waals surface area contributed by atoms with Crippen LogP contribution < -0.4 is 16.4 Å². The fraction of sp³-hybridized carbons (Fsp3) is 0.0435. The molecule has 0 aliphatic carbocycles. The maximum absolute atomic E-state index is 13.3. The van der Waals surface area contributed by atoms with Crippen LogP contribution in [0.1, 0.15) is 26.4 Å². The summed E-state index contributed by atoms with van der Waals surface area (Å²) in [7, 11) is 0. The molecule has 1 heterocycles. The number of carbonyl (C=O) groups is 2. The number of fused-ring (bicyclic) bond motifs is 1. The molecule has 4 aromatic rings. The van der Waals surface area contributed by atoms with E-state index in [4.69, 9.17) is 0 Å². The van der Waals surface area contributed by atoms with Gasteiger partial charge in [0.25, 0.3) is 17.4 Å². The van der Waals surface area contributed by atoms with Crippen molar-refractivity contribution in [3.8, 4) is 0 Å². The second-order valence-corrected chi connectivity index (χ2v) is 6.76. The molecule has 0 radical (unpaired) electrons. The molecule has 0 spiro atoms. The molecule has 154 valence electrons. The predicted octanol–water partition coefficient (Wildman–Crippen LogP) is 2.66. The standard InChI is InChI=1S/C23H17FN4O3/c24-17-10-6-9-16(13-17)21(29)25-26-22(30)20-18-11-4-5-12-19(18)23(31)28(27-20)14-15-7-2-1-3-8-15/h1-13H,14H2,(H,25,29)(H,26,30). The molecule has 0 aliphatic rings. The second-order valence-electron chi connectivity index (χ2n) is 6.76. The molecule has 2 amide bonds. The summed E-state index contributed by atoms with van der Waals surface area (Å²) in [6.45, 7) is 0.181. The Morgan fingerprint density at radius 3 is 2.26 bits per heavy atom. The number of hydrogen-bond donors (Lipinski definition) is 2. The van der Waals surface area contributed by atoms with Crippen molar-refractivity contribution in [3.63, 3.8) is 0 Å². The number of aromatic nitrogens is 2. The van der Waals surface area contributed by atoms with E-state index in [1.807, 2.05) is 30.3 Å². The van der Waals surface area contributed by atoms with Gasteiger partial charge in [-0.3, -0.25) is 25.2 Å². The van der Waals surface area contributed by atoms with Gasteiger partial charge in [-0.15, -0.1) is 0 Å². The van der Waals surface area contributed by atoms with Crippen molar-refractivity contribution in [2.45, 2.75) is 6.54 Å². The minimum Gasteiger partial charge on any atom is -0.267 e. The molecule has 0 aliphatic heterocycles. The molecule has 0 bridgehead atoms. The third-order valence-electron chi connectivity index (χ3n) is 4.63. The van der Waals surface area contributed by atoms with E-state index in [2.05, 4.69) is 16.0 Å². The average molecular weight is 416 g/mol. The zero-order valence-corrected chi connectivity index (χ0v) is 16.2. The van der Waals surface area contributed by atoms with Crippen LogP contribution in [0.3, 0.4) is 0 Å². The lowest BCUT2D eigenvalue weighted by atomic mass is 10.1. The zero-order valence-electron chi connectivity index (χ0n) is 16.2. The minimum absolute atomic E-state index is 0.0225. The van der Waals surface area contributed by atoms with Crippen molar-refractivity contribution in [3.05, 3.63) is 112 Å². The molecule has 7 nitrogen and oxygen atoms in total. The van der Waals surface area contributed by atoms with E-state index in [1.54, 1.807) is 24.3 Å². The number of nitrogens with one attached hydrogen (secondary N) is 2. The van der Waals surface area contributed by atoms with Crippen LogP contribution in [0.5, 0.6) is 0 Å². The highest BCUT2D eigenvalue weighted by molar-refractivity contribution is 6.06. The SMILES string of the molecule is O=C(NNC(=O)c1nn(Cc2ccccc2)c(=O)c2ccccc12)c1cccc(F)c1. The van der Waals surface area contributed by atoms with Gasteiger partial charge in [-0.1, -0.05) is 54.6 Å². The van der Waals surface area contributed by atoms with Crippen molar-refractivity contribution in [1.82, 2.24) is 20.6 Å². The summed E-state index contributed by atoms with van der Waals surface area (Å²) in [5.74, 6) is -1.96. The Balaban J connectivity index is 1.64. The maximum atomic E-state index is 13.3. The minimum atomic E-state index is -0.706. The number of hydrazine groups is 1. The van der Waals surface area contributed by atoms with Gasteiger partial charge in [-0.2, -0.15) is 5.10 Å². The molecule has 2 N–H and O–H groups in total. The summed E-state index contributed by atoms with van der Waals surface area (Å²) >= 11 is 0. The van der Waals surface area contributed by atoms with Crippen molar-refractivity contribution < 1.29 is 14.0 Å². The van der Waals surface area contributed by atoms with Crippen LogP contribution >= 0.6 is 0 Å². The highest BCUT2D eigenvalue weighted by Gasteiger charge is 2.18. The fourth-order valence-corrected chi connectivity index (χ4v) is 3.14. The van der Waals surface area contributed by atoms with Gasteiger partial charge < -0.3 is 0 Å². The molecule has 0 fully saturated rings. The predicted molar refractivity (Wildman–Crippen MR) is 113 cm³/mol. The van der Waals surface area contributed by atoms with Gasteiger partial charge in [0.1, 0.15) is 5.82 Å². The van der Waals surface area contributed by atoms with E-state index in [9.17, 15) is 18.8 Å². The Hall–Kier alpha value is -4.33. The topological polar surface area (TPSA) is 93.1 Å². The van der Waals surface area contributed by atoms with Crippen molar-refractivity contribution in [1.29, 1.82) is 0 Å². The monoisotopic (exact) mass is 416 g/mol. The summed E-state index contributed by atoms with van der Waals surface area (Å²) in [6.07, 6.45) is 0. The number of carbonyl (C=O) groups excluding carboxylic acids is 2. The number of rotatable bonds is 4. The Labute approximate surface area is 176 Å². The van der Waals surface area contributed by atoms with Gasteiger partial charge in [-0.25, -0.2) is 9.07 Å². The highest BCUT2D eigenvalue weighted by Crippen LogP contribution is 2.14. The average Bonchev–Trinajstić information content (AvgIpc) is 2.80. The smallest absolute Gasteiger partial charge is 0.267 e. The van der Waals surface area contributed by atoms with Crippen LogP contribution in [0.4, 0.5) is 4.39 Å². The first-order chi connectivity index (χ1) is 15.0. The van der Waals surface area contributed by atoms with Gasteiger partial charge in [-0.05, 0) is 29.8 Å². The third-order valence-corrected chi connectivity index (χ3v) is 4.63. The van der Waals surface area contributed by atoms with Crippen LogP contribution in [0.2, 0.25) is 0 Å². The van der Waals surface area contributed by atoms with E-state index in [0.29, 0.717) is 10.8 Å². The van der Waals surface area contributed by atoms with Gasteiger partial charge in [0.15, 0.2) is 5.69 Å². The Bertz CT molecular complexity index is 1340. The van der Waals surface area contributed by atoms with Crippen LogP contribution in [0, 0.1) is 5.82 Å². The quantitative estimate of drug-likeness (QED) is 0.500. The molecular formula is C23H17FN4O3. The molecular weight excluding hydrogens is 399 g/mol. The molecule has 0 unspecified atom stereocenters. The van der Waals surface area contributed by atoms with Gasteiger partial charge in [0, 0.05) is 10.9 Å².